The molecule has 0 aliphatic heterocycles. The first-order valence-electron chi connectivity index (χ1n) is 8.81. The van der Waals surface area contributed by atoms with Gasteiger partial charge in [0.2, 0.25) is 0 Å². The number of aromatic nitrogens is 2. The van der Waals surface area contributed by atoms with E-state index in [0.717, 1.165) is 30.7 Å². The summed E-state index contributed by atoms with van der Waals surface area (Å²) in [5.74, 6) is 0.791. The third-order valence-electron chi connectivity index (χ3n) is 4.21. The SMILES string of the molecule is CCCc1ccc(-c2ccc(-c3ncc(CCC)cn3)cc2)cc1. The average Bonchev–Trinajstić information content (AvgIpc) is 2.64. The Bertz CT molecular complexity index is 688. The molecule has 2 aromatic carbocycles. The molecule has 0 N–H and O–H groups in total. The van der Waals surface area contributed by atoms with Gasteiger partial charge in [-0.1, -0.05) is 75.2 Å². The molecular formula is C22H24N2. The van der Waals surface area contributed by atoms with E-state index in [1.165, 1.54) is 28.7 Å². The third-order valence-corrected chi connectivity index (χ3v) is 4.21. The van der Waals surface area contributed by atoms with Crippen LogP contribution in [0.3, 0.4) is 0 Å². The predicted molar refractivity (Wildman–Crippen MR) is 101 cm³/mol. The number of hydrogen-bond acceptors (Lipinski definition) is 2. The predicted octanol–water partition coefficient (Wildman–Crippen LogP) is 5.72. The highest BCUT2D eigenvalue weighted by molar-refractivity contribution is 5.67. The summed E-state index contributed by atoms with van der Waals surface area (Å²) >= 11 is 0. The highest BCUT2D eigenvalue weighted by Crippen LogP contribution is 2.23. The lowest BCUT2D eigenvalue weighted by Crippen LogP contribution is -1.92. The molecule has 0 saturated carbocycles. The van der Waals surface area contributed by atoms with Crippen LogP contribution in [0.15, 0.2) is 60.9 Å². The van der Waals surface area contributed by atoms with Crippen molar-refractivity contribution >= 4 is 0 Å². The smallest absolute Gasteiger partial charge is 0.159 e. The van der Waals surface area contributed by atoms with E-state index in [9.17, 15) is 0 Å². The molecule has 0 aliphatic rings. The fourth-order valence-corrected chi connectivity index (χ4v) is 2.89. The lowest BCUT2D eigenvalue weighted by molar-refractivity contribution is 0.902. The van der Waals surface area contributed by atoms with Gasteiger partial charge in [-0.3, -0.25) is 0 Å². The van der Waals surface area contributed by atoms with Crippen LogP contribution in [-0.4, -0.2) is 9.97 Å². The van der Waals surface area contributed by atoms with Crippen LogP contribution in [0.1, 0.15) is 37.8 Å². The largest absolute Gasteiger partial charge is 0.236 e. The molecule has 0 atom stereocenters. The normalized spacial score (nSPS) is 10.8. The standard InChI is InChI=1S/C22H24N2/c1-3-5-17-7-9-19(10-8-17)20-11-13-21(14-12-20)22-23-15-18(6-4-2)16-24-22/h7-16H,3-6H2,1-2H3. The lowest BCUT2D eigenvalue weighted by atomic mass is 10.0. The summed E-state index contributed by atoms with van der Waals surface area (Å²) in [7, 11) is 0. The van der Waals surface area contributed by atoms with Gasteiger partial charge >= 0.3 is 0 Å². The zero-order chi connectivity index (χ0) is 16.8. The Balaban J connectivity index is 1.77. The fraction of sp³-hybridized carbons (Fsp3) is 0.273. The maximum atomic E-state index is 4.49. The second-order valence-corrected chi connectivity index (χ2v) is 6.19. The van der Waals surface area contributed by atoms with Gasteiger partial charge in [0.15, 0.2) is 5.82 Å². The van der Waals surface area contributed by atoms with Gasteiger partial charge in [0.25, 0.3) is 0 Å². The Morgan fingerprint density at radius 3 is 1.58 bits per heavy atom. The zero-order valence-corrected chi connectivity index (χ0v) is 14.5. The number of rotatable bonds is 6. The van der Waals surface area contributed by atoms with Crippen LogP contribution >= 0.6 is 0 Å². The van der Waals surface area contributed by atoms with E-state index >= 15 is 0 Å². The average molecular weight is 316 g/mol. The van der Waals surface area contributed by atoms with E-state index in [1.807, 2.05) is 12.4 Å². The van der Waals surface area contributed by atoms with Crippen LogP contribution in [0.2, 0.25) is 0 Å². The third kappa shape index (κ3) is 3.88. The van der Waals surface area contributed by atoms with Gasteiger partial charge in [-0.2, -0.15) is 0 Å². The number of hydrogen-bond donors (Lipinski definition) is 0. The van der Waals surface area contributed by atoms with Gasteiger partial charge in [-0.05, 0) is 35.1 Å². The molecule has 0 aliphatic carbocycles. The van der Waals surface area contributed by atoms with E-state index in [1.54, 1.807) is 0 Å². The summed E-state index contributed by atoms with van der Waals surface area (Å²) in [6.07, 6.45) is 8.36. The molecule has 0 saturated heterocycles. The first kappa shape index (κ1) is 16.4. The molecule has 3 rings (SSSR count). The van der Waals surface area contributed by atoms with Crippen LogP contribution in [0.4, 0.5) is 0 Å². The Morgan fingerprint density at radius 2 is 1.04 bits per heavy atom. The molecule has 2 nitrogen and oxygen atoms in total. The zero-order valence-electron chi connectivity index (χ0n) is 14.5. The number of benzene rings is 2. The molecular weight excluding hydrogens is 292 g/mol. The topological polar surface area (TPSA) is 25.8 Å². The van der Waals surface area contributed by atoms with E-state index in [-0.39, 0.29) is 0 Å². The Hall–Kier alpha value is -2.48. The van der Waals surface area contributed by atoms with Gasteiger partial charge in [0.05, 0.1) is 0 Å². The van der Waals surface area contributed by atoms with Gasteiger partial charge in [-0.25, -0.2) is 9.97 Å². The minimum Gasteiger partial charge on any atom is -0.236 e. The van der Waals surface area contributed by atoms with Gasteiger partial charge in [0, 0.05) is 18.0 Å². The first-order valence-corrected chi connectivity index (χ1v) is 8.81. The van der Waals surface area contributed by atoms with Gasteiger partial charge < -0.3 is 0 Å². The fourth-order valence-electron chi connectivity index (χ4n) is 2.89. The van der Waals surface area contributed by atoms with Crippen molar-refractivity contribution in [1.29, 1.82) is 0 Å². The Labute approximate surface area is 144 Å². The molecule has 0 unspecified atom stereocenters. The second-order valence-electron chi connectivity index (χ2n) is 6.19. The molecule has 0 bridgehead atoms. The minimum absolute atomic E-state index is 0.791. The highest BCUT2D eigenvalue weighted by Gasteiger charge is 2.03. The Kier molecular flexibility index (Phi) is 5.37. The van der Waals surface area contributed by atoms with Crippen LogP contribution in [-0.2, 0) is 12.8 Å². The molecule has 1 heterocycles. The molecule has 0 fully saturated rings. The van der Waals surface area contributed by atoms with E-state index in [2.05, 4.69) is 72.3 Å². The highest BCUT2D eigenvalue weighted by atomic mass is 14.9. The maximum Gasteiger partial charge on any atom is 0.159 e. The molecule has 0 radical (unpaired) electrons. The van der Waals surface area contributed by atoms with E-state index in [4.69, 9.17) is 0 Å². The summed E-state index contributed by atoms with van der Waals surface area (Å²) in [5.41, 5.74) is 6.14. The van der Waals surface area contributed by atoms with E-state index in [0.29, 0.717) is 0 Å². The monoisotopic (exact) mass is 316 g/mol. The van der Waals surface area contributed by atoms with Crippen molar-refractivity contribution in [3.05, 3.63) is 72.1 Å². The molecule has 2 heteroatoms. The summed E-state index contributed by atoms with van der Waals surface area (Å²) < 4.78 is 0. The van der Waals surface area contributed by atoms with Crippen LogP contribution in [0.5, 0.6) is 0 Å². The molecule has 1 aromatic heterocycles. The van der Waals surface area contributed by atoms with Crippen molar-refractivity contribution in [2.24, 2.45) is 0 Å². The molecule has 0 amide bonds. The second kappa shape index (κ2) is 7.87. The summed E-state index contributed by atoms with van der Waals surface area (Å²) in [5, 5.41) is 0. The van der Waals surface area contributed by atoms with Gasteiger partial charge in [0.1, 0.15) is 0 Å². The summed E-state index contributed by atoms with van der Waals surface area (Å²) in [6, 6.07) is 17.4. The van der Waals surface area contributed by atoms with Crippen molar-refractivity contribution in [2.75, 3.05) is 0 Å². The van der Waals surface area contributed by atoms with Crippen LogP contribution in [0, 0.1) is 0 Å². The maximum absolute atomic E-state index is 4.49. The number of nitrogens with zero attached hydrogens (tertiary/aromatic N) is 2. The number of aryl methyl sites for hydroxylation is 2. The summed E-state index contributed by atoms with van der Waals surface area (Å²) in [6.45, 7) is 4.38. The van der Waals surface area contributed by atoms with Crippen LogP contribution < -0.4 is 0 Å². The minimum atomic E-state index is 0.791. The molecule has 122 valence electrons. The van der Waals surface area contributed by atoms with Crippen molar-refractivity contribution in [3.63, 3.8) is 0 Å². The molecule has 3 aromatic rings. The van der Waals surface area contributed by atoms with Crippen LogP contribution in [0.25, 0.3) is 22.5 Å². The van der Waals surface area contributed by atoms with Gasteiger partial charge in [-0.15, -0.1) is 0 Å². The Morgan fingerprint density at radius 1 is 0.583 bits per heavy atom. The van der Waals surface area contributed by atoms with Crippen molar-refractivity contribution < 1.29 is 0 Å². The summed E-state index contributed by atoms with van der Waals surface area (Å²) in [4.78, 5) is 8.98. The molecule has 0 spiro atoms. The van der Waals surface area contributed by atoms with Crippen molar-refractivity contribution in [3.8, 4) is 22.5 Å². The van der Waals surface area contributed by atoms with Crippen molar-refractivity contribution in [1.82, 2.24) is 9.97 Å². The molecule has 24 heavy (non-hydrogen) atoms. The van der Waals surface area contributed by atoms with Crippen molar-refractivity contribution in [2.45, 2.75) is 39.5 Å². The lowest BCUT2D eigenvalue weighted by Gasteiger charge is -2.06. The first-order chi connectivity index (χ1) is 11.8. The van der Waals surface area contributed by atoms with E-state index < -0.39 is 0 Å². The quantitative estimate of drug-likeness (QED) is 0.581.